The molecule has 0 N–H and O–H groups in total. The summed E-state index contributed by atoms with van der Waals surface area (Å²) in [4.78, 5) is 11.4. The molecule has 0 spiro atoms. The first-order valence-electron chi connectivity index (χ1n) is 7.44. The van der Waals surface area contributed by atoms with Crippen molar-refractivity contribution in [2.75, 3.05) is 0 Å². The summed E-state index contributed by atoms with van der Waals surface area (Å²) in [6, 6.07) is 9.79. The van der Waals surface area contributed by atoms with Crippen LogP contribution in [0.2, 0.25) is 5.02 Å². The van der Waals surface area contributed by atoms with Gasteiger partial charge in [0, 0.05) is 6.42 Å². The van der Waals surface area contributed by atoms with Gasteiger partial charge < -0.3 is 9.47 Å². The molecule has 0 atom stereocenters. The molecule has 23 heavy (non-hydrogen) atoms. The van der Waals surface area contributed by atoms with Crippen molar-refractivity contribution < 1.29 is 18.7 Å². The van der Waals surface area contributed by atoms with Crippen LogP contribution in [0.1, 0.15) is 31.4 Å². The molecule has 0 bridgehead atoms. The van der Waals surface area contributed by atoms with E-state index < -0.39 is 11.8 Å². The molecule has 0 fully saturated rings. The number of ether oxygens (including phenoxy) is 2. The van der Waals surface area contributed by atoms with Gasteiger partial charge >= 0.3 is 5.97 Å². The summed E-state index contributed by atoms with van der Waals surface area (Å²) in [6.45, 7) is 3.62. The first-order valence-corrected chi connectivity index (χ1v) is 7.82. The van der Waals surface area contributed by atoms with Crippen molar-refractivity contribution >= 4 is 17.6 Å². The minimum Gasteiger partial charge on any atom is -0.487 e. The molecule has 0 aromatic heterocycles. The number of rotatable bonds is 6. The lowest BCUT2D eigenvalue weighted by atomic mass is 10.1. The zero-order valence-corrected chi connectivity index (χ0v) is 13.8. The second kappa shape index (κ2) is 7.97. The third-order valence-corrected chi connectivity index (χ3v) is 3.66. The van der Waals surface area contributed by atoms with Gasteiger partial charge in [-0.05, 0) is 36.2 Å². The summed E-state index contributed by atoms with van der Waals surface area (Å²) in [5.74, 6) is -0.298. The van der Waals surface area contributed by atoms with Gasteiger partial charge in [0.25, 0.3) is 0 Å². The van der Waals surface area contributed by atoms with Gasteiger partial charge in [0.2, 0.25) is 0 Å². The third-order valence-electron chi connectivity index (χ3n) is 3.36. The number of halogens is 2. The molecule has 2 rings (SSSR count). The summed E-state index contributed by atoms with van der Waals surface area (Å²) < 4.78 is 24.8. The molecule has 3 nitrogen and oxygen atoms in total. The van der Waals surface area contributed by atoms with Gasteiger partial charge in [0.05, 0.1) is 10.6 Å². The topological polar surface area (TPSA) is 35.5 Å². The van der Waals surface area contributed by atoms with E-state index in [0.29, 0.717) is 10.8 Å². The van der Waals surface area contributed by atoms with Crippen molar-refractivity contribution in [1.82, 2.24) is 0 Å². The highest BCUT2D eigenvalue weighted by molar-refractivity contribution is 6.32. The highest BCUT2D eigenvalue weighted by atomic mass is 35.5. The number of benzene rings is 2. The van der Waals surface area contributed by atoms with Gasteiger partial charge in [0.1, 0.15) is 23.9 Å². The molecular weight excluding hydrogens is 319 g/mol. The van der Waals surface area contributed by atoms with Gasteiger partial charge in [-0.1, -0.05) is 37.6 Å². The number of hydrogen-bond donors (Lipinski definition) is 0. The largest absolute Gasteiger partial charge is 0.487 e. The molecule has 0 amide bonds. The average Bonchev–Trinajstić information content (AvgIpc) is 2.55. The Labute approximate surface area is 140 Å². The highest BCUT2D eigenvalue weighted by Gasteiger charge is 2.14. The number of hydrogen-bond acceptors (Lipinski definition) is 3. The standard InChI is InChI=1S/C18H18ClFO3/c1-3-12-8-9-17(14(19)10-12)22-11-13-15(20)6-5-7-16(13)23-18(21)4-2/h5-10H,3-4,11H2,1-2H3. The van der Waals surface area contributed by atoms with Crippen LogP contribution in [-0.2, 0) is 17.8 Å². The Morgan fingerprint density at radius 1 is 1.17 bits per heavy atom. The van der Waals surface area contributed by atoms with Gasteiger partial charge in [0.15, 0.2) is 0 Å². The van der Waals surface area contributed by atoms with Crippen molar-refractivity contribution in [3.05, 3.63) is 58.4 Å². The Morgan fingerprint density at radius 3 is 2.61 bits per heavy atom. The van der Waals surface area contributed by atoms with E-state index in [9.17, 15) is 9.18 Å². The summed E-state index contributed by atoms with van der Waals surface area (Å²) >= 11 is 6.16. The summed E-state index contributed by atoms with van der Waals surface area (Å²) in [5.41, 5.74) is 1.27. The van der Waals surface area contributed by atoms with Gasteiger partial charge in [-0.25, -0.2) is 4.39 Å². The predicted octanol–water partition coefficient (Wildman–Crippen LogP) is 4.94. The van der Waals surface area contributed by atoms with Crippen LogP contribution in [0, 0.1) is 5.82 Å². The SMILES string of the molecule is CCC(=O)Oc1cccc(F)c1COc1ccc(CC)cc1Cl. The summed E-state index contributed by atoms with van der Waals surface area (Å²) in [6.07, 6.45) is 1.07. The molecule has 0 aliphatic rings. The minimum atomic E-state index is -0.493. The molecule has 0 saturated carbocycles. The molecule has 2 aromatic rings. The molecule has 0 radical (unpaired) electrons. The maximum absolute atomic E-state index is 14.0. The summed E-state index contributed by atoms with van der Waals surface area (Å²) in [5, 5.41) is 0.466. The van der Waals surface area contributed by atoms with Crippen LogP contribution < -0.4 is 9.47 Å². The van der Waals surface area contributed by atoms with Crippen molar-refractivity contribution in [3.63, 3.8) is 0 Å². The van der Waals surface area contributed by atoms with E-state index in [4.69, 9.17) is 21.1 Å². The minimum absolute atomic E-state index is 0.0792. The van der Waals surface area contributed by atoms with Crippen LogP contribution in [0.4, 0.5) is 4.39 Å². The van der Waals surface area contributed by atoms with E-state index >= 15 is 0 Å². The maximum Gasteiger partial charge on any atom is 0.310 e. The number of esters is 1. The zero-order valence-electron chi connectivity index (χ0n) is 13.1. The zero-order chi connectivity index (χ0) is 16.8. The molecule has 0 aliphatic carbocycles. The summed E-state index contributed by atoms with van der Waals surface area (Å²) in [7, 11) is 0. The quantitative estimate of drug-likeness (QED) is 0.554. The fraction of sp³-hybridized carbons (Fsp3) is 0.278. The Morgan fingerprint density at radius 2 is 1.96 bits per heavy atom. The van der Waals surface area contributed by atoms with Crippen molar-refractivity contribution in [1.29, 1.82) is 0 Å². The van der Waals surface area contributed by atoms with E-state index in [2.05, 4.69) is 0 Å². The van der Waals surface area contributed by atoms with Gasteiger partial charge in [-0.15, -0.1) is 0 Å². The van der Waals surface area contributed by atoms with Crippen LogP contribution in [0.3, 0.4) is 0 Å². The third kappa shape index (κ3) is 4.45. The number of carbonyl (C=O) groups excluding carboxylic acids is 1. The molecular formula is C18H18ClFO3. The molecule has 0 aliphatic heterocycles. The van der Waals surface area contributed by atoms with E-state index in [1.165, 1.54) is 18.2 Å². The lowest BCUT2D eigenvalue weighted by Crippen LogP contribution is -2.10. The second-order valence-corrected chi connectivity index (χ2v) is 5.36. The first kappa shape index (κ1) is 17.3. The monoisotopic (exact) mass is 336 g/mol. The number of aryl methyl sites for hydroxylation is 1. The Kier molecular flexibility index (Phi) is 5.99. The van der Waals surface area contributed by atoms with Crippen LogP contribution >= 0.6 is 11.6 Å². The maximum atomic E-state index is 14.0. The molecule has 2 aromatic carbocycles. The van der Waals surface area contributed by atoms with Gasteiger partial charge in [-0.2, -0.15) is 0 Å². The predicted molar refractivity (Wildman–Crippen MR) is 87.5 cm³/mol. The first-order chi connectivity index (χ1) is 11.0. The van der Waals surface area contributed by atoms with Crippen molar-refractivity contribution in [2.45, 2.75) is 33.3 Å². The lowest BCUT2D eigenvalue weighted by Gasteiger charge is -2.13. The van der Waals surface area contributed by atoms with E-state index in [1.54, 1.807) is 13.0 Å². The second-order valence-electron chi connectivity index (χ2n) is 4.95. The van der Waals surface area contributed by atoms with Crippen LogP contribution in [0.5, 0.6) is 11.5 Å². The van der Waals surface area contributed by atoms with E-state index in [0.717, 1.165) is 12.0 Å². The highest BCUT2D eigenvalue weighted by Crippen LogP contribution is 2.29. The van der Waals surface area contributed by atoms with Crippen molar-refractivity contribution in [3.8, 4) is 11.5 Å². The Bertz CT molecular complexity index is 701. The molecule has 122 valence electrons. The fourth-order valence-electron chi connectivity index (χ4n) is 2.00. The molecule has 0 saturated heterocycles. The average molecular weight is 337 g/mol. The smallest absolute Gasteiger partial charge is 0.310 e. The Hall–Kier alpha value is -2.07. The molecule has 0 heterocycles. The van der Waals surface area contributed by atoms with Crippen LogP contribution in [0.15, 0.2) is 36.4 Å². The van der Waals surface area contributed by atoms with Crippen LogP contribution in [0.25, 0.3) is 0 Å². The molecule has 0 unspecified atom stereocenters. The lowest BCUT2D eigenvalue weighted by molar-refractivity contribution is -0.134. The molecule has 5 heteroatoms. The van der Waals surface area contributed by atoms with Gasteiger partial charge in [-0.3, -0.25) is 4.79 Å². The fourth-order valence-corrected chi connectivity index (χ4v) is 2.26. The number of carbonyl (C=O) groups is 1. The Balaban J connectivity index is 2.18. The van der Waals surface area contributed by atoms with E-state index in [1.807, 2.05) is 19.1 Å². The van der Waals surface area contributed by atoms with Crippen LogP contribution in [-0.4, -0.2) is 5.97 Å². The van der Waals surface area contributed by atoms with Crippen molar-refractivity contribution in [2.24, 2.45) is 0 Å². The normalized spacial score (nSPS) is 10.4. The van der Waals surface area contributed by atoms with E-state index in [-0.39, 0.29) is 24.3 Å².